The quantitative estimate of drug-likeness (QED) is 0.707. The van der Waals surface area contributed by atoms with Crippen molar-refractivity contribution < 1.29 is 9.53 Å². The second kappa shape index (κ2) is 8.50. The van der Waals surface area contributed by atoms with E-state index in [1.54, 1.807) is 12.4 Å². The van der Waals surface area contributed by atoms with Crippen LogP contribution in [0.25, 0.3) is 5.65 Å². The van der Waals surface area contributed by atoms with Gasteiger partial charge in [0.25, 0.3) is 0 Å². The average molecular weight is 379 g/mol. The summed E-state index contributed by atoms with van der Waals surface area (Å²) >= 11 is 0. The predicted molar refractivity (Wildman–Crippen MR) is 106 cm³/mol. The van der Waals surface area contributed by atoms with Crippen molar-refractivity contribution in [3.8, 4) is 0 Å². The topological polar surface area (TPSA) is 71.8 Å². The maximum absolute atomic E-state index is 12.6. The Morgan fingerprint density at radius 2 is 2.07 bits per heavy atom. The molecule has 7 nitrogen and oxygen atoms in total. The number of ether oxygens (including phenoxy) is 1. The zero-order valence-electron chi connectivity index (χ0n) is 16.0. The molecule has 0 aliphatic carbocycles. The summed E-state index contributed by atoms with van der Waals surface area (Å²) in [6.07, 6.45) is 5.82. The van der Waals surface area contributed by atoms with Crippen LogP contribution in [-0.2, 0) is 16.0 Å². The van der Waals surface area contributed by atoms with Crippen LogP contribution < -0.4 is 5.32 Å². The molecule has 1 aliphatic rings. The Morgan fingerprint density at radius 1 is 1.21 bits per heavy atom. The molecule has 7 heteroatoms. The Balaban J connectivity index is 1.44. The Hall–Kier alpha value is -2.77. The minimum absolute atomic E-state index is 0.0162. The van der Waals surface area contributed by atoms with Gasteiger partial charge in [0.15, 0.2) is 0 Å². The highest BCUT2D eigenvalue weighted by Gasteiger charge is 2.24. The highest BCUT2D eigenvalue weighted by Crippen LogP contribution is 2.19. The fourth-order valence-electron chi connectivity index (χ4n) is 3.65. The number of nitrogens with one attached hydrogen (secondary N) is 1. The van der Waals surface area contributed by atoms with Crippen LogP contribution in [0, 0.1) is 6.92 Å². The number of imidazole rings is 1. The highest BCUT2D eigenvalue weighted by molar-refractivity contribution is 5.78. The summed E-state index contributed by atoms with van der Waals surface area (Å²) < 4.78 is 7.45. The zero-order chi connectivity index (χ0) is 19.3. The molecule has 1 atom stereocenters. The first-order valence-corrected chi connectivity index (χ1v) is 9.63. The van der Waals surface area contributed by atoms with E-state index in [1.807, 2.05) is 47.9 Å². The molecule has 0 saturated carbocycles. The fraction of sp³-hybridized carbons (Fsp3) is 0.381. The zero-order valence-corrected chi connectivity index (χ0v) is 16.0. The molecule has 1 amide bonds. The number of hydrogen-bond acceptors (Lipinski definition) is 5. The lowest BCUT2D eigenvalue weighted by atomic mass is 10.1. The van der Waals surface area contributed by atoms with Gasteiger partial charge in [-0.1, -0.05) is 12.1 Å². The lowest BCUT2D eigenvalue weighted by Gasteiger charge is -2.34. The first kappa shape index (κ1) is 18.6. The van der Waals surface area contributed by atoms with E-state index in [2.05, 4.69) is 20.2 Å². The van der Waals surface area contributed by atoms with Gasteiger partial charge < -0.3 is 14.5 Å². The highest BCUT2D eigenvalue weighted by atomic mass is 16.5. The molecule has 4 heterocycles. The Labute approximate surface area is 164 Å². The summed E-state index contributed by atoms with van der Waals surface area (Å²) in [7, 11) is 0. The molecule has 1 saturated heterocycles. The van der Waals surface area contributed by atoms with Crippen LogP contribution in [0.5, 0.6) is 0 Å². The van der Waals surface area contributed by atoms with E-state index in [0.717, 1.165) is 35.7 Å². The monoisotopic (exact) mass is 379 g/mol. The molecule has 0 aromatic carbocycles. The summed E-state index contributed by atoms with van der Waals surface area (Å²) in [4.78, 5) is 23.9. The molecule has 146 valence electrons. The number of rotatable bonds is 6. The van der Waals surface area contributed by atoms with E-state index < -0.39 is 0 Å². The number of carbonyl (C=O) groups excluding carboxylic acids is 1. The van der Waals surface area contributed by atoms with Crippen LogP contribution >= 0.6 is 0 Å². The second-order valence-corrected chi connectivity index (χ2v) is 7.03. The van der Waals surface area contributed by atoms with E-state index >= 15 is 0 Å². The van der Waals surface area contributed by atoms with E-state index in [9.17, 15) is 4.79 Å². The molecular weight excluding hydrogens is 354 g/mol. The fourth-order valence-corrected chi connectivity index (χ4v) is 3.65. The molecule has 0 radical (unpaired) electrons. The summed E-state index contributed by atoms with van der Waals surface area (Å²) in [6, 6.07) is 9.94. The van der Waals surface area contributed by atoms with Gasteiger partial charge >= 0.3 is 0 Å². The molecule has 1 fully saturated rings. The molecule has 3 aromatic rings. The molecule has 3 aromatic heterocycles. The van der Waals surface area contributed by atoms with Gasteiger partial charge in [0.1, 0.15) is 5.65 Å². The average Bonchev–Trinajstić information content (AvgIpc) is 3.14. The number of carbonyl (C=O) groups is 1. The molecule has 0 unspecified atom stereocenters. The number of nitrogens with zero attached hydrogens (tertiary/aromatic N) is 4. The molecule has 4 rings (SSSR count). The summed E-state index contributed by atoms with van der Waals surface area (Å²) in [5.74, 6) is -0.0162. The van der Waals surface area contributed by atoms with Gasteiger partial charge in [0, 0.05) is 38.2 Å². The van der Waals surface area contributed by atoms with Crippen LogP contribution in [0.1, 0.15) is 23.0 Å². The lowest BCUT2D eigenvalue weighted by Crippen LogP contribution is -2.44. The molecule has 28 heavy (non-hydrogen) atoms. The number of aryl methyl sites for hydroxylation is 1. The van der Waals surface area contributed by atoms with Crippen LogP contribution in [0.2, 0.25) is 0 Å². The van der Waals surface area contributed by atoms with Crippen LogP contribution in [0.4, 0.5) is 0 Å². The summed E-state index contributed by atoms with van der Waals surface area (Å²) in [6.45, 7) is 5.63. The van der Waals surface area contributed by atoms with Crippen molar-refractivity contribution in [1.29, 1.82) is 0 Å². The van der Waals surface area contributed by atoms with E-state index in [-0.39, 0.29) is 11.9 Å². The lowest BCUT2D eigenvalue weighted by molar-refractivity contribution is -0.120. The second-order valence-electron chi connectivity index (χ2n) is 7.03. The first-order valence-electron chi connectivity index (χ1n) is 9.63. The van der Waals surface area contributed by atoms with E-state index in [1.165, 1.54) is 0 Å². The standard InChI is InChI=1S/C21H25N5O2/c1-16-5-4-8-26-17(14-24-21(16)26)13-20(27)23-15-19(18-6-2-3-7-22-18)25-9-11-28-12-10-25/h2-8,14,19H,9-13,15H2,1H3,(H,23,27)/t19-/m0/s1. The third kappa shape index (κ3) is 4.05. The van der Waals surface area contributed by atoms with Gasteiger partial charge in [0.2, 0.25) is 5.91 Å². The van der Waals surface area contributed by atoms with Crippen molar-refractivity contribution in [2.75, 3.05) is 32.8 Å². The van der Waals surface area contributed by atoms with Crippen molar-refractivity contribution in [3.63, 3.8) is 0 Å². The van der Waals surface area contributed by atoms with E-state index in [0.29, 0.717) is 26.2 Å². The molecular formula is C21H25N5O2. The molecule has 0 bridgehead atoms. The number of hydrogen-bond donors (Lipinski definition) is 1. The van der Waals surface area contributed by atoms with Crippen LogP contribution in [0.15, 0.2) is 48.9 Å². The van der Waals surface area contributed by atoms with Crippen molar-refractivity contribution in [3.05, 3.63) is 65.9 Å². The number of fused-ring (bicyclic) bond motifs is 1. The first-order chi connectivity index (χ1) is 13.7. The van der Waals surface area contributed by atoms with Gasteiger partial charge in [-0.2, -0.15) is 0 Å². The van der Waals surface area contributed by atoms with Crippen molar-refractivity contribution >= 4 is 11.6 Å². The van der Waals surface area contributed by atoms with Crippen molar-refractivity contribution in [1.82, 2.24) is 24.6 Å². The molecule has 0 spiro atoms. The van der Waals surface area contributed by atoms with Gasteiger partial charge in [0.05, 0.1) is 37.1 Å². The number of aromatic nitrogens is 3. The number of amides is 1. The Kier molecular flexibility index (Phi) is 5.64. The predicted octanol–water partition coefficient (Wildman–Crippen LogP) is 1.77. The normalized spacial score (nSPS) is 16.2. The maximum Gasteiger partial charge on any atom is 0.226 e. The maximum atomic E-state index is 12.6. The summed E-state index contributed by atoms with van der Waals surface area (Å²) in [5.41, 5.74) is 3.84. The summed E-state index contributed by atoms with van der Waals surface area (Å²) in [5, 5.41) is 3.09. The van der Waals surface area contributed by atoms with Crippen LogP contribution in [0.3, 0.4) is 0 Å². The number of pyridine rings is 2. The SMILES string of the molecule is Cc1cccn2c(CC(=O)NC[C@@H](c3ccccn3)N3CCOCC3)cnc12. The van der Waals surface area contributed by atoms with Crippen molar-refractivity contribution in [2.45, 2.75) is 19.4 Å². The van der Waals surface area contributed by atoms with E-state index in [4.69, 9.17) is 4.74 Å². The smallest absolute Gasteiger partial charge is 0.226 e. The Morgan fingerprint density at radius 3 is 2.86 bits per heavy atom. The van der Waals surface area contributed by atoms with Gasteiger partial charge in [-0.3, -0.25) is 14.7 Å². The molecule has 1 aliphatic heterocycles. The van der Waals surface area contributed by atoms with Crippen molar-refractivity contribution in [2.24, 2.45) is 0 Å². The minimum atomic E-state index is -0.0162. The third-order valence-corrected chi connectivity index (χ3v) is 5.16. The van der Waals surface area contributed by atoms with Gasteiger partial charge in [-0.15, -0.1) is 0 Å². The largest absolute Gasteiger partial charge is 0.379 e. The van der Waals surface area contributed by atoms with Crippen LogP contribution in [-0.4, -0.2) is 58.0 Å². The van der Waals surface area contributed by atoms with Gasteiger partial charge in [-0.25, -0.2) is 4.98 Å². The number of morpholine rings is 1. The Bertz CT molecular complexity index is 934. The molecule has 1 N–H and O–H groups in total. The van der Waals surface area contributed by atoms with Gasteiger partial charge in [-0.05, 0) is 30.7 Å². The third-order valence-electron chi connectivity index (χ3n) is 5.16. The minimum Gasteiger partial charge on any atom is -0.379 e.